The van der Waals surface area contributed by atoms with E-state index in [1.807, 2.05) is 0 Å². The van der Waals surface area contributed by atoms with Crippen molar-refractivity contribution in [3.63, 3.8) is 0 Å². The van der Waals surface area contributed by atoms with Crippen molar-refractivity contribution in [2.45, 2.75) is 20.3 Å². The molecule has 0 aliphatic carbocycles. The van der Waals surface area contributed by atoms with Crippen molar-refractivity contribution >= 4 is 5.97 Å². The minimum Gasteiger partial charge on any atom is -0.476 e. The van der Waals surface area contributed by atoms with Crippen LogP contribution in [-0.2, 0) is 6.42 Å². The van der Waals surface area contributed by atoms with Crippen LogP contribution >= 0.6 is 0 Å². The van der Waals surface area contributed by atoms with E-state index in [1.54, 1.807) is 23.0 Å². The van der Waals surface area contributed by atoms with Crippen molar-refractivity contribution in [2.75, 3.05) is 0 Å². The van der Waals surface area contributed by atoms with Crippen molar-refractivity contribution in [1.29, 1.82) is 0 Å². The van der Waals surface area contributed by atoms with Crippen LogP contribution in [0.2, 0.25) is 0 Å². The number of aromatic carboxylic acids is 1. The Hall–Kier alpha value is -2.24. The zero-order chi connectivity index (χ0) is 13.1. The summed E-state index contributed by atoms with van der Waals surface area (Å²) in [4.78, 5) is 18.9. The van der Waals surface area contributed by atoms with Crippen molar-refractivity contribution in [1.82, 2.24) is 19.7 Å². The summed E-state index contributed by atoms with van der Waals surface area (Å²) in [5.41, 5.74) is 0.866. The van der Waals surface area contributed by atoms with Crippen LogP contribution in [0.4, 0.5) is 0 Å². The molecular formula is C12H14N4O2. The minimum atomic E-state index is -1.03. The Kier molecular flexibility index (Phi) is 3.36. The van der Waals surface area contributed by atoms with Crippen LogP contribution in [0.5, 0.6) is 0 Å². The van der Waals surface area contributed by atoms with Crippen LogP contribution < -0.4 is 0 Å². The molecule has 6 heteroatoms. The van der Waals surface area contributed by atoms with Crippen molar-refractivity contribution in [2.24, 2.45) is 5.92 Å². The molecule has 0 spiro atoms. The van der Waals surface area contributed by atoms with Gasteiger partial charge in [-0.3, -0.25) is 0 Å². The van der Waals surface area contributed by atoms with Crippen molar-refractivity contribution < 1.29 is 9.90 Å². The van der Waals surface area contributed by atoms with Gasteiger partial charge in [0, 0.05) is 18.0 Å². The predicted molar refractivity (Wildman–Crippen MR) is 64.7 cm³/mol. The largest absolute Gasteiger partial charge is 0.476 e. The second-order valence-corrected chi connectivity index (χ2v) is 4.40. The molecule has 0 aliphatic rings. The monoisotopic (exact) mass is 246 g/mol. The summed E-state index contributed by atoms with van der Waals surface area (Å²) >= 11 is 0. The lowest BCUT2D eigenvalue weighted by Gasteiger charge is -2.07. The summed E-state index contributed by atoms with van der Waals surface area (Å²) < 4.78 is 1.56. The Balaban J connectivity index is 2.47. The quantitative estimate of drug-likeness (QED) is 0.885. The molecule has 2 aromatic heterocycles. The molecule has 94 valence electrons. The molecule has 18 heavy (non-hydrogen) atoms. The van der Waals surface area contributed by atoms with Crippen molar-refractivity contribution in [3.8, 4) is 5.82 Å². The number of rotatable bonds is 4. The Morgan fingerprint density at radius 1 is 1.50 bits per heavy atom. The van der Waals surface area contributed by atoms with Crippen LogP contribution in [0.25, 0.3) is 5.82 Å². The molecule has 1 N–H and O–H groups in total. The summed E-state index contributed by atoms with van der Waals surface area (Å²) in [5.74, 6) is -0.0510. The Labute approximate surface area is 104 Å². The number of aromatic nitrogens is 4. The first kappa shape index (κ1) is 12.2. The second kappa shape index (κ2) is 4.95. The van der Waals surface area contributed by atoms with E-state index >= 15 is 0 Å². The van der Waals surface area contributed by atoms with Crippen LogP contribution in [0.15, 0.2) is 24.7 Å². The lowest BCUT2D eigenvalue weighted by atomic mass is 10.1. The number of carboxylic acid groups (broad SMARTS) is 1. The molecule has 2 aromatic rings. The van der Waals surface area contributed by atoms with Gasteiger partial charge in [0.1, 0.15) is 6.33 Å². The maximum Gasteiger partial charge on any atom is 0.356 e. The summed E-state index contributed by atoms with van der Waals surface area (Å²) in [6, 6.07) is 3.28. The molecule has 0 bridgehead atoms. The first-order chi connectivity index (χ1) is 8.58. The van der Waals surface area contributed by atoms with E-state index in [-0.39, 0.29) is 5.69 Å². The highest BCUT2D eigenvalue weighted by molar-refractivity contribution is 5.85. The number of hydrogen-bond acceptors (Lipinski definition) is 4. The number of nitrogens with zero attached hydrogens (tertiary/aromatic N) is 4. The zero-order valence-electron chi connectivity index (χ0n) is 10.2. The second-order valence-electron chi connectivity index (χ2n) is 4.40. The van der Waals surface area contributed by atoms with E-state index in [9.17, 15) is 4.79 Å². The van der Waals surface area contributed by atoms with Crippen LogP contribution in [-0.4, -0.2) is 30.8 Å². The molecule has 0 saturated carbocycles. The molecule has 2 rings (SSSR count). The standard InChI is InChI=1S/C12H14N4O2/c1-8(2)5-9-6-10(12(17)18)15-16(9)11-3-4-13-7-14-11/h3-4,6-8H,5H2,1-2H3,(H,17,18). The summed E-state index contributed by atoms with van der Waals surface area (Å²) in [5, 5.41) is 13.1. The van der Waals surface area contributed by atoms with Gasteiger partial charge in [-0.1, -0.05) is 13.8 Å². The Morgan fingerprint density at radius 3 is 2.83 bits per heavy atom. The van der Waals surface area contributed by atoms with Gasteiger partial charge in [-0.2, -0.15) is 5.10 Å². The van der Waals surface area contributed by atoms with E-state index in [0.29, 0.717) is 11.7 Å². The average Bonchev–Trinajstić information content (AvgIpc) is 2.73. The Morgan fingerprint density at radius 2 is 2.28 bits per heavy atom. The maximum atomic E-state index is 11.0. The zero-order valence-corrected chi connectivity index (χ0v) is 10.2. The molecule has 0 amide bonds. The summed E-state index contributed by atoms with van der Waals surface area (Å²) in [7, 11) is 0. The first-order valence-corrected chi connectivity index (χ1v) is 5.66. The number of carboxylic acids is 1. The van der Waals surface area contributed by atoms with Crippen LogP contribution in [0.3, 0.4) is 0 Å². The maximum absolute atomic E-state index is 11.0. The topological polar surface area (TPSA) is 80.9 Å². The fourth-order valence-electron chi connectivity index (χ4n) is 1.70. The molecule has 0 atom stereocenters. The average molecular weight is 246 g/mol. The van der Waals surface area contributed by atoms with Gasteiger partial charge in [0.05, 0.1) is 0 Å². The van der Waals surface area contributed by atoms with E-state index in [1.165, 1.54) is 6.33 Å². The third kappa shape index (κ3) is 2.53. The van der Waals surface area contributed by atoms with Crippen LogP contribution in [0, 0.1) is 5.92 Å². The molecule has 2 heterocycles. The van der Waals surface area contributed by atoms with Gasteiger partial charge in [-0.05, 0) is 18.4 Å². The van der Waals surface area contributed by atoms with Gasteiger partial charge in [0.25, 0.3) is 0 Å². The molecule has 0 aromatic carbocycles. The smallest absolute Gasteiger partial charge is 0.356 e. The van der Waals surface area contributed by atoms with E-state index in [2.05, 4.69) is 28.9 Å². The minimum absolute atomic E-state index is 0.0317. The lowest BCUT2D eigenvalue weighted by Crippen LogP contribution is -2.07. The third-order valence-corrected chi connectivity index (χ3v) is 2.40. The van der Waals surface area contributed by atoms with Gasteiger partial charge in [-0.25, -0.2) is 19.4 Å². The molecule has 6 nitrogen and oxygen atoms in total. The SMILES string of the molecule is CC(C)Cc1cc(C(=O)O)nn1-c1ccncn1. The first-order valence-electron chi connectivity index (χ1n) is 5.66. The lowest BCUT2D eigenvalue weighted by molar-refractivity contribution is 0.0690. The van der Waals surface area contributed by atoms with Crippen molar-refractivity contribution in [3.05, 3.63) is 36.0 Å². The van der Waals surface area contributed by atoms with Gasteiger partial charge < -0.3 is 5.11 Å². The van der Waals surface area contributed by atoms with E-state index in [0.717, 1.165) is 12.1 Å². The highest BCUT2D eigenvalue weighted by Gasteiger charge is 2.15. The Bertz CT molecular complexity index is 548. The summed E-state index contributed by atoms with van der Waals surface area (Å²) in [6.45, 7) is 4.13. The molecule has 0 saturated heterocycles. The van der Waals surface area contributed by atoms with Gasteiger partial charge >= 0.3 is 5.97 Å². The molecular weight excluding hydrogens is 232 g/mol. The van der Waals surface area contributed by atoms with Crippen LogP contribution in [0.1, 0.15) is 30.0 Å². The summed E-state index contributed by atoms with van der Waals surface area (Å²) in [6.07, 6.45) is 3.75. The number of carbonyl (C=O) groups is 1. The van der Waals surface area contributed by atoms with E-state index in [4.69, 9.17) is 5.11 Å². The predicted octanol–water partition coefficient (Wildman–Crippen LogP) is 1.56. The number of hydrogen-bond donors (Lipinski definition) is 1. The molecule has 0 radical (unpaired) electrons. The normalized spacial score (nSPS) is 10.8. The highest BCUT2D eigenvalue weighted by Crippen LogP contribution is 2.14. The fourth-order valence-corrected chi connectivity index (χ4v) is 1.70. The highest BCUT2D eigenvalue weighted by atomic mass is 16.4. The van der Waals surface area contributed by atoms with Gasteiger partial charge in [-0.15, -0.1) is 0 Å². The third-order valence-electron chi connectivity index (χ3n) is 2.40. The van der Waals surface area contributed by atoms with Gasteiger partial charge in [0.15, 0.2) is 11.5 Å². The molecule has 0 aliphatic heterocycles. The van der Waals surface area contributed by atoms with E-state index < -0.39 is 5.97 Å². The molecule has 0 unspecified atom stereocenters. The molecule has 0 fully saturated rings. The van der Waals surface area contributed by atoms with Gasteiger partial charge in [0.2, 0.25) is 0 Å². The fraction of sp³-hybridized carbons (Fsp3) is 0.333.